The van der Waals surface area contributed by atoms with E-state index < -0.39 is 10.0 Å². The van der Waals surface area contributed by atoms with Crippen molar-refractivity contribution >= 4 is 10.0 Å². The van der Waals surface area contributed by atoms with Crippen molar-refractivity contribution in [2.24, 2.45) is 5.92 Å². The third-order valence-corrected chi connectivity index (χ3v) is 4.95. The Labute approximate surface area is 87.3 Å². The molecular formula is C10H21NO2S. The highest BCUT2D eigenvalue weighted by Gasteiger charge is 2.29. The summed E-state index contributed by atoms with van der Waals surface area (Å²) in [6.45, 7) is 5.92. The molecule has 0 aromatic heterocycles. The lowest BCUT2D eigenvalue weighted by Crippen LogP contribution is -2.39. The molecule has 1 aliphatic carbocycles. The van der Waals surface area contributed by atoms with E-state index in [9.17, 15) is 8.42 Å². The van der Waals surface area contributed by atoms with E-state index >= 15 is 0 Å². The van der Waals surface area contributed by atoms with E-state index in [1.165, 1.54) is 0 Å². The van der Waals surface area contributed by atoms with Crippen LogP contribution in [0.15, 0.2) is 0 Å². The smallest absolute Gasteiger partial charge is 0.212 e. The van der Waals surface area contributed by atoms with Crippen molar-refractivity contribution in [2.75, 3.05) is 0 Å². The normalized spacial score (nSPS) is 29.4. The highest BCUT2D eigenvalue weighted by atomic mass is 32.2. The van der Waals surface area contributed by atoms with Crippen LogP contribution >= 0.6 is 0 Å². The molecule has 0 aliphatic heterocycles. The molecule has 1 N–H and O–H groups in total. The van der Waals surface area contributed by atoms with Crippen LogP contribution in [0.4, 0.5) is 0 Å². The summed E-state index contributed by atoms with van der Waals surface area (Å²) in [6, 6.07) is 0.0133. The van der Waals surface area contributed by atoms with Crippen molar-refractivity contribution in [1.29, 1.82) is 0 Å². The molecule has 0 amide bonds. The zero-order valence-electron chi connectivity index (χ0n) is 9.29. The minimum Gasteiger partial charge on any atom is -0.212 e. The Kier molecular flexibility index (Phi) is 3.95. The monoisotopic (exact) mass is 219 g/mol. The Hall–Kier alpha value is -0.0900. The van der Waals surface area contributed by atoms with Crippen LogP contribution in [0.5, 0.6) is 0 Å². The number of hydrogen-bond donors (Lipinski definition) is 1. The molecule has 0 unspecified atom stereocenters. The minimum atomic E-state index is -3.06. The van der Waals surface area contributed by atoms with Gasteiger partial charge in [0.15, 0.2) is 0 Å². The lowest BCUT2D eigenvalue weighted by Gasteiger charge is -2.26. The Morgan fingerprint density at radius 3 is 2.07 bits per heavy atom. The summed E-state index contributed by atoms with van der Waals surface area (Å²) < 4.78 is 26.3. The molecular weight excluding hydrogens is 198 g/mol. The van der Waals surface area contributed by atoms with Gasteiger partial charge in [-0.3, -0.25) is 0 Å². The maximum atomic E-state index is 11.8. The molecule has 14 heavy (non-hydrogen) atoms. The van der Waals surface area contributed by atoms with Crippen molar-refractivity contribution in [3.8, 4) is 0 Å². The Morgan fingerprint density at radius 1 is 1.14 bits per heavy atom. The van der Waals surface area contributed by atoms with Crippen molar-refractivity contribution in [2.45, 2.75) is 57.7 Å². The molecule has 84 valence electrons. The summed E-state index contributed by atoms with van der Waals surface area (Å²) in [5.74, 6) is 0.695. The van der Waals surface area contributed by atoms with Gasteiger partial charge in [0.1, 0.15) is 0 Å². The first-order chi connectivity index (χ1) is 6.42. The zero-order chi connectivity index (χ0) is 10.8. The molecule has 1 rings (SSSR count). The van der Waals surface area contributed by atoms with Gasteiger partial charge in [-0.25, -0.2) is 13.1 Å². The van der Waals surface area contributed by atoms with Crippen molar-refractivity contribution in [3.05, 3.63) is 0 Å². The first-order valence-electron chi connectivity index (χ1n) is 5.43. The van der Waals surface area contributed by atoms with Crippen LogP contribution in [0.1, 0.15) is 46.5 Å². The molecule has 0 atom stereocenters. The van der Waals surface area contributed by atoms with Gasteiger partial charge in [0.05, 0.1) is 5.25 Å². The second kappa shape index (κ2) is 4.62. The lowest BCUT2D eigenvalue weighted by atomic mass is 9.91. The van der Waals surface area contributed by atoms with Gasteiger partial charge in [0.25, 0.3) is 0 Å². The molecule has 0 spiro atoms. The number of nitrogens with one attached hydrogen (secondary N) is 1. The molecule has 0 aromatic rings. The summed E-state index contributed by atoms with van der Waals surface area (Å²) in [4.78, 5) is 0. The highest BCUT2D eigenvalue weighted by Crippen LogP contribution is 2.27. The molecule has 1 aliphatic rings. The SMILES string of the molecule is CC1CCC(S(=O)(=O)NC(C)C)CC1. The van der Waals surface area contributed by atoms with E-state index in [1.54, 1.807) is 0 Å². The van der Waals surface area contributed by atoms with Crippen LogP contribution in [0, 0.1) is 5.92 Å². The van der Waals surface area contributed by atoms with Gasteiger partial charge in [-0.05, 0) is 45.4 Å². The van der Waals surface area contributed by atoms with Gasteiger partial charge in [0, 0.05) is 6.04 Å². The molecule has 4 heteroatoms. The fraction of sp³-hybridized carbons (Fsp3) is 1.00. The van der Waals surface area contributed by atoms with Gasteiger partial charge in [-0.2, -0.15) is 0 Å². The van der Waals surface area contributed by atoms with Gasteiger partial charge in [-0.1, -0.05) is 6.92 Å². The Bertz CT molecular complexity index is 264. The predicted molar refractivity (Wildman–Crippen MR) is 58.6 cm³/mol. The quantitative estimate of drug-likeness (QED) is 0.788. The van der Waals surface area contributed by atoms with Gasteiger partial charge in [-0.15, -0.1) is 0 Å². The molecule has 3 nitrogen and oxygen atoms in total. The number of rotatable bonds is 3. The van der Waals surface area contributed by atoms with E-state index in [2.05, 4.69) is 11.6 Å². The lowest BCUT2D eigenvalue weighted by molar-refractivity contribution is 0.380. The summed E-state index contributed by atoms with van der Waals surface area (Å²) in [6.07, 6.45) is 3.74. The molecule has 1 saturated carbocycles. The van der Waals surface area contributed by atoms with Gasteiger partial charge < -0.3 is 0 Å². The van der Waals surface area contributed by atoms with Crippen LogP contribution in [-0.4, -0.2) is 19.7 Å². The van der Waals surface area contributed by atoms with Crippen LogP contribution in [0.3, 0.4) is 0 Å². The number of sulfonamides is 1. The average molecular weight is 219 g/mol. The van der Waals surface area contributed by atoms with Crippen LogP contribution < -0.4 is 4.72 Å². The van der Waals surface area contributed by atoms with Crippen molar-refractivity contribution in [1.82, 2.24) is 4.72 Å². The summed E-state index contributed by atoms with van der Waals surface area (Å²) in [7, 11) is -3.06. The third-order valence-electron chi connectivity index (χ3n) is 2.80. The van der Waals surface area contributed by atoms with Gasteiger partial charge in [0.2, 0.25) is 10.0 Å². The summed E-state index contributed by atoms with van der Waals surface area (Å²) in [5.41, 5.74) is 0. The van der Waals surface area contributed by atoms with E-state index in [4.69, 9.17) is 0 Å². The van der Waals surface area contributed by atoms with E-state index in [1.807, 2.05) is 13.8 Å². The van der Waals surface area contributed by atoms with Crippen LogP contribution in [0.2, 0.25) is 0 Å². The first-order valence-corrected chi connectivity index (χ1v) is 6.97. The van der Waals surface area contributed by atoms with Gasteiger partial charge >= 0.3 is 0 Å². The minimum absolute atomic E-state index is 0.0133. The molecule has 0 saturated heterocycles. The van der Waals surface area contributed by atoms with Crippen molar-refractivity contribution < 1.29 is 8.42 Å². The van der Waals surface area contributed by atoms with Crippen molar-refractivity contribution in [3.63, 3.8) is 0 Å². The first kappa shape index (κ1) is 12.0. The molecule has 1 fully saturated rings. The maximum Gasteiger partial charge on any atom is 0.214 e. The van der Waals surface area contributed by atoms with E-state index in [0.717, 1.165) is 25.7 Å². The topological polar surface area (TPSA) is 46.2 Å². The largest absolute Gasteiger partial charge is 0.214 e. The number of hydrogen-bond acceptors (Lipinski definition) is 2. The second-order valence-corrected chi connectivity index (χ2v) is 6.69. The second-order valence-electron chi connectivity index (χ2n) is 4.70. The average Bonchev–Trinajstić information content (AvgIpc) is 2.02. The van der Waals surface area contributed by atoms with Crippen LogP contribution in [-0.2, 0) is 10.0 Å². The Morgan fingerprint density at radius 2 is 1.64 bits per heavy atom. The zero-order valence-corrected chi connectivity index (χ0v) is 10.1. The molecule has 0 heterocycles. The molecule has 0 aromatic carbocycles. The molecule has 0 radical (unpaired) electrons. The predicted octanol–water partition coefficient (Wildman–Crippen LogP) is 1.89. The standard InChI is InChI=1S/C10H21NO2S/c1-8(2)11-14(12,13)10-6-4-9(3)5-7-10/h8-11H,4-7H2,1-3H3. The Balaban J connectivity index is 2.56. The van der Waals surface area contributed by atoms with E-state index in [-0.39, 0.29) is 11.3 Å². The summed E-state index contributed by atoms with van der Waals surface area (Å²) >= 11 is 0. The summed E-state index contributed by atoms with van der Waals surface area (Å²) in [5, 5.41) is -0.152. The van der Waals surface area contributed by atoms with Crippen LogP contribution in [0.25, 0.3) is 0 Å². The highest BCUT2D eigenvalue weighted by molar-refractivity contribution is 7.90. The fourth-order valence-corrected chi connectivity index (χ4v) is 3.71. The van der Waals surface area contributed by atoms with E-state index in [0.29, 0.717) is 5.92 Å². The maximum absolute atomic E-state index is 11.8. The fourth-order valence-electron chi connectivity index (χ4n) is 1.96. The molecule has 0 bridgehead atoms. The third kappa shape index (κ3) is 3.24.